The van der Waals surface area contributed by atoms with Crippen LogP contribution in [-0.2, 0) is 6.42 Å². The fourth-order valence-electron chi connectivity index (χ4n) is 1.01. The Kier molecular flexibility index (Phi) is 3.00. The maximum atomic E-state index is 10.3. The average Bonchev–Trinajstić information content (AvgIpc) is 2.05. The molecule has 2 nitrogen and oxygen atoms in total. The predicted molar refractivity (Wildman–Crippen MR) is 46.4 cm³/mol. The third kappa shape index (κ3) is 2.47. The Labute approximate surface area is 71.8 Å². The molecule has 0 fully saturated rings. The van der Waals surface area contributed by atoms with Crippen LogP contribution >= 0.6 is 0 Å². The zero-order chi connectivity index (χ0) is 8.97. The van der Waals surface area contributed by atoms with Crippen LogP contribution in [0.3, 0.4) is 0 Å². The molecule has 2 heteroatoms. The van der Waals surface area contributed by atoms with E-state index in [2.05, 4.69) is 0 Å². The number of aliphatic hydroxyl groups is 1. The molecule has 1 rings (SSSR count). The topological polar surface area (TPSA) is 37.3 Å². The lowest BCUT2D eigenvalue weighted by atomic mass is 10.1. The third-order valence-electron chi connectivity index (χ3n) is 1.58. The lowest BCUT2D eigenvalue weighted by Gasteiger charge is -2.02. The number of hydrogen-bond acceptors (Lipinski definition) is 2. The maximum Gasteiger partial charge on any atom is 0.150 e. The van der Waals surface area contributed by atoms with Crippen LogP contribution in [0.2, 0.25) is 0 Å². The van der Waals surface area contributed by atoms with E-state index in [1.165, 1.54) is 0 Å². The van der Waals surface area contributed by atoms with Crippen molar-refractivity contribution >= 4 is 6.29 Å². The Bertz CT molecular complexity index is 249. The van der Waals surface area contributed by atoms with Crippen molar-refractivity contribution in [3.8, 4) is 0 Å². The Balaban J connectivity index is 2.71. The van der Waals surface area contributed by atoms with Crippen molar-refractivity contribution < 1.29 is 9.90 Å². The summed E-state index contributed by atoms with van der Waals surface area (Å²) in [5, 5.41) is 8.98. The normalized spacial score (nSPS) is 10.2. The second-order valence-electron chi connectivity index (χ2n) is 2.77. The summed E-state index contributed by atoms with van der Waals surface area (Å²) in [6.07, 6.45) is 1.74. The smallest absolute Gasteiger partial charge is 0.150 e. The monoisotopic (exact) mass is 163 g/mol. The van der Waals surface area contributed by atoms with Crippen LogP contribution in [0.15, 0.2) is 24.3 Å². The molecule has 0 unspecified atom stereocenters. The quantitative estimate of drug-likeness (QED) is 0.691. The van der Waals surface area contributed by atoms with E-state index in [9.17, 15) is 4.79 Å². The minimum atomic E-state index is 0.383. The lowest BCUT2D eigenvalue weighted by Crippen LogP contribution is -1.94. The first-order chi connectivity index (χ1) is 5.72. The van der Waals surface area contributed by atoms with Crippen molar-refractivity contribution in [1.82, 2.24) is 0 Å². The summed E-state index contributed by atoms with van der Waals surface area (Å²) >= 11 is 0. The SMILES string of the molecule is C[C](O)Cc1ccc(C=O)cc1. The number of aliphatic hydroxyl groups excluding tert-OH is 1. The molecular weight excluding hydrogens is 152 g/mol. The summed E-state index contributed by atoms with van der Waals surface area (Å²) in [4.78, 5) is 10.3. The minimum Gasteiger partial charge on any atom is -0.387 e. The van der Waals surface area contributed by atoms with Crippen molar-refractivity contribution in [3.63, 3.8) is 0 Å². The van der Waals surface area contributed by atoms with Gasteiger partial charge in [-0.2, -0.15) is 0 Å². The molecule has 0 aliphatic heterocycles. The van der Waals surface area contributed by atoms with Crippen molar-refractivity contribution in [2.75, 3.05) is 0 Å². The Morgan fingerprint density at radius 1 is 1.42 bits per heavy atom. The Morgan fingerprint density at radius 2 is 2.00 bits per heavy atom. The number of rotatable bonds is 3. The molecule has 1 aromatic rings. The number of carbonyl (C=O) groups is 1. The van der Waals surface area contributed by atoms with Gasteiger partial charge in [0.25, 0.3) is 0 Å². The van der Waals surface area contributed by atoms with Gasteiger partial charge in [-0.3, -0.25) is 4.79 Å². The summed E-state index contributed by atoms with van der Waals surface area (Å²) in [6.45, 7) is 1.66. The molecule has 0 saturated heterocycles. The van der Waals surface area contributed by atoms with Gasteiger partial charge >= 0.3 is 0 Å². The van der Waals surface area contributed by atoms with Crippen molar-refractivity contribution in [2.24, 2.45) is 0 Å². The standard InChI is InChI=1S/C10H11O2/c1-8(12)6-9-2-4-10(7-11)5-3-9/h2-5,7,12H,6H2,1H3. The van der Waals surface area contributed by atoms with E-state index >= 15 is 0 Å². The number of hydrogen-bond donors (Lipinski definition) is 1. The van der Waals surface area contributed by atoms with Crippen molar-refractivity contribution in [3.05, 3.63) is 41.5 Å². The maximum absolute atomic E-state index is 10.3. The number of benzene rings is 1. The van der Waals surface area contributed by atoms with Crippen LogP contribution in [0.5, 0.6) is 0 Å². The van der Waals surface area contributed by atoms with Gasteiger partial charge < -0.3 is 5.11 Å². The Morgan fingerprint density at radius 3 is 2.42 bits per heavy atom. The largest absolute Gasteiger partial charge is 0.387 e. The van der Waals surface area contributed by atoms with E-state index in [0.29, 0.717) is 18.1 Å². The summed E-state index contributed by atoms with van der Waals surface area (Å²) in [7, 11) is 0. The summed E-state index contributed by atoms with van der Waals surface area (Å²) < 4.78 is 0. The van der Waals surface area contributed by atoms with Crippen LogP contribution in [0.25, 0.3) is 0 Å². The molecule has 0 bridgehead atoms. The Hall–Kier alpha value is -1.15. The van der Waals surface area contributed by atoms with E-state index in [-0.39, 0.29) is 0 Å². The van der Waals surface area contributed by atoms with Crippen LogP contribution < -0.4 is 0 Å². The fraction of sp³-hybridized carbons (Fsp3) is 0.200. The molecule has 0 heterocycles. The number of carbonyl (C=O) groups excluding carboxylic acids is 1. The van der Waals surface area contributed by atoms with Gasteiger partial charge in [-0.25, -0.2) is 0 Å². The molecule has 0 saturated carbocycles. The van der Waals surface area contributed by atoms with Crippen LogP contribution in [-0.4, -0.2) is 11.4 Å². The van der Waals surface area contributed by atoms with Crippen molar-refractivity contribution in [1.29, 1.82) is 0 Å². The van der Waals surface area contributed by atoms with E-state index in [4.69, 9.17) is 5.11 Å². The van der Waals surface area contributed by atoms with Crippen LogP contribution in [0.1, 0.15) is 22.8 Å². The zero-order valence-corrected chi connectivity index (χ0v) is 6.95. The number of aldehydes is 1. The molecule has 63 valence electrons. The van der Waals surface area contributed by atoms with Gasteiger partial charge in [0.1, 0.15) is 6.29 Å². The first-order valence-corrected chi connectivity index (χ1v) is 3.78. The van der Waals surface area contributed by atoms with E-state index in [0.717, 1.165) is 11.8 Å². The van der Waals surface area contributed by atoms with E-state index in [1.54, 1.807) is 19.1 Å². The van der Waals surface area contributed by atoms with Gasteiger partial charge in [0.15, 0.2) is 0 Å². The summed E-state index contributed by atoms with van der Waals surface area (Å²) in [5.41, 5.74) is 1.68. The second kappa shape index (κ2) is 4.02. The van der Waals surface area contributed by atoms with Gasteiger partial charge in [0, 0.05) is 12.0 Å². The molecule has 0 amide bonds. The fourth-order valence-corrected chi connectivity index (χ4v) is 1.01. The van der Waals surface area contributed by atoms with Gasteiger partial charge in [0.05, 0.1) is 6.10 Å². The zero-order valence-electron chi connectivity index (χ0n) is 6.95. The molecule has 1 aromatic carbocycles. The molecule has 0 aromatic heterocycles. The first kappa shape index (κ1) is 8.94. The minimum absolute atomic E-state index is 0.383. The molecule has 1 N–H and O–H groups in total. The highest BCUT2D eigenvalue weighted by molar-refractivity contribution is 5.74. The van der Waals surface area contributed by atoms with Gasteiger partial charge in [-0.05, 0) is 12.5 Å². The van der Waals surface area contributed by atoms with Gasteiger partial charge in [-0.15, -0.1) is 0 Å². The van der Waals surface area contributed by atoms with E-state index < -0.39 is 0 Å². The summed E-state index contributed by atoms with van der Waals surface area (Å²) in [5.74, 6) is 0. The van der Waals surface area contributed by atoms with Gasteiger partial charge in [0.2, 0.25) is 0 Å². The highest BCUT2D eigenvalue weighted by Crippen LogP contribution is 2.08. The summed E-state index contributed by atoms with van der Waals surface area (Å²) in [6, 6.07) is 7.16. The third-order valence-corrected chi connectivity index (χ3v) is 1.58. The highest BCUT2D eigenvalue weighted by Gasteiger charge is 1.99. The van der Waals surface area contributed by atoms with Crippen molar-refractivity contribution in [2.45, 2.75) is 13.3 Å². The molecule has 0 aliphatic carbocycles. The average molecular weight is 163 g/mol. The highest BCUT2D eigenvalue weighted by atomic mass is 16.3. The second-order valence-corrected chi connectivity index (χ2v) is 2.77. The van der Waals surface area contributed by atoms with Crippen LogP contribution in [0.4, 0.5) is 0 Å². The van der Waals surface area contributed by atoms with Crippen LogP contribution in [0, 0.1) is 6.10 Å². The molecule has 1 radical (unpaired) electrons. The molecule has 0 atom stereocenters. The molecule has 0 spiro atoms. The first-order valence-electron chi connectivity index (χ1n) is 3.78. The molecular formula is C10H11O2. The predicted octanol–water partition coefficient (Wildman–Crippen LogP) is 1.97. The molecule has 0 aliphatic rings. The lowest BCUT2D eigenvalue weighted by molar-refractivity contribution is 0.112. The molecule has 12 heavy (non-hydrogen) atoms. The van der Waals surface area contributed by atoms with Gasteiger partial charge in [-0.1, -0.05) is 24.3 Å². The van der Waals surface area contributed by atoms with E-state index in [1.807, 2.05) is 12.1 Å².